The third kappa shape index (κ3) is 7.56. The number of phenols is 2. The van der Waals surface area contributed by atoms with Gasteiger partial charge in [0.15, 0.2) is 0 Å². The molecule has 0 aliphatic heterocycles. The minimum absolute atomic E-state index is 0.0357. The Bertz CT molecular complexity index is 1160. The van der Waals surface area contributed by atoms with Gasteiger partial charge in [-0.1, -0.05) is 108 Å². The monoisotopic (exact) mass is 546 g/mol. The van der Waals surface area contributed by atoms with Crippen molar-refractivity contribution in [3.8, 4) is 11.5 Å². The lowest BCUT2D eigenvalue weighted by molar-refractivity contribution is 0.389. The van der Waals surface area contributed by atoms with Crippen LogP contribution in [0.5, 0.6) is 11.5 Å². The molecule has 0 radical (unpaired) electrons. The van der Waals surface area contributed by atoms with Crippen LogP contribution in [0.1, 0.15) is 142 Å². The minimum atomic E-state index is -0.135. The van der Waals surface area contributed by atoms with Crippen LogP contribution in [0.15, 0.2) is 34.3 Å². The largest absolute Gasteiger partial charge is 0.507 e. The molecule has 0 aromatic heterocycles. The van der Waals surface area contributed by atoms with Gasteiger partial charge in [0, 0.05) is 23.6 Å². The van der Waals surface area contributed by atoms with Crippen molar-refractivity contribution in [1.82, 2.24) is 0 Å². The first-order valence-electron chi connectivity index (χ1n) is 15.0. The predicted molar refractivity (Wildman–Crippen MR) is 172 cm³/mol. The number of nitrogens with zero attached hydrogens (tertiary/aromatic N) is 2. The molecule has 0 bridgehead atoms. The smallest absolute Gasteiger partial charge is 0.124 e. The van der Waals surface area contributed by atoms with Crippen LogP contribution in [0.4, 0.5) is 0 Å². The molecule has 0 unspecified atom stereocenters. The second-order valence-corrected chi connectivity index (χ2v) is 15.9. The van der Waals surface area contributed by atoms with Crippen LogP contribution in [-0.2, 0) is 21.7 Å². The van der Waals surface area contributed by atoms with Gasteiger partial charge in [0.1, 0.15) is 11.5 Å². The zero-order valence-corrected chi connectivity index (χ0v) is 27.2. The summed E-state index contributed by atoms with van der Waals surface area (Å²) in [7, 11) is 0. The third-order valence-electron chi connectivity index (χ3n) is 8.15. The van der Waals surface area contributed by atoms with E-state index in [9.17, 15) is 10.2 Å². The Morgan fingerprint density at radius 1 is 0.550 bits per heavy atom. The normalized spacial score (nSPS) is 19.6. The van der Waals surface area contributed by atoms with E-state index in [4.69, 9.17) is 9.98 Å². The summed E-state index contributed by atoms with van der Waals surface area (Å²) in [4.78, 5) is 10.1. The number of phenolic OH excluding ortho intramolecular Hbond substituents is 2. The van der Waals surface area contributed by atoms with Gasteiger partial charge < -0.3 is 10.2 Å². The highest BCUT2D eigenvalue weighted by atomic mass is 16.3. The van der Waals surface area contributed by atoms with Crippen LogP contribution < -0.4 is 0 Å². The quantitative estimate of drug-likeness (QED) is 0.376. The molecule has 40 heavy (non-hydrogen) atoms. The van der Waals surface area contributed by atoms with Gasteiger partial charge in [-0.25, -0.2) is 0 Å². The minimum Gasteiger partial charge on any atom is -0.507 e. The lowest BCUT2D eigenvalue weighted by Crippen LogP contribution is -2.27. The maximum atomic E-state index is 11.1. The molecule has 2 aromatic rings. The van der Waals surface area contributed by atoms with Crippen molar-refractivity contribution in [3.05, 3.63) is 57.6 Å². The highest BCUT2D eigenvalue weighted by Gasteiger charge is 2.28. The van der Waals surface area contributed by atoms with Gasteiger partial charge >= 0.3 is 0 Å². The average Bonchev–Trinajstić information content (AvgIpc) is 2.79. The van der Waals surface area contributed by atoms with Gasteiger partial charge in [0.05, 0.1) is 12.1 Å². The maximum absolute atomic E-state index is 11.1. The van der Waals surface area contributed by atoms with E-state index < -0.39 is 0 Å². The average molecular weight is 547 g/mol. The van der Waals surface area contributed by atoms with Crippen molar-refractivity contribution < 1.29 is 10.2 Å². The van der Waals surface area contributed by atoms with Crippen LogP contribution in [0.2, 0.25) is 0 Å². The molecule has 3 rings (SSSR count). The summed E-state index contributed by atoms with van der Waals surface area (Å²) >= 11 is 0. The Morgan fingerprint density at radius 3 is 1.15 bits per heavy atom. The van der Waals surface area contributed by atoms with Gasteiger partial charge in [-0.15, -0.1) is 0 Å². The van der Waals surface area contributed by atoms with Crippen molar-refractivity contribution in [2.24, 2.45) is 9.98 Å². The molecular weight excluding hydrogens is 492 g/mol. The number of hydrogen-bond acceptors (Lipinski definition) is 4. The van der Waals surface area contributed by atoms with Crippen molar-refractivity contribution in [1.29, 1.82) is 0 Å². The molecule has 2 aromatic carbocycles. The van der Waals surface area contributed by atoms with E-state index in [1.54, 1.807) is 0 Å². The summed E-state index contributed by atoms with van der Waals surface area (Å²) in [5.41, 5.74) is 5.69. The predicted octanol–water partition coefficient (Wildman–Crippen LogP) is 9.14. The Kier molecular flexibility index (Phi) is 9.04. The van der Waals surface area contributed by atoms with E-state index in [1.165, 1.54) is 0 Å². The number of aromatic hydroxyl groups is 2. The highest BCUT2D eigenvalue weighted by Crippen LogP contribution is 2.38. The van der Waals surface area contributed by atoms with E-state index in [2.05, 4.69) is 95.2 Å². The van der Waals surface area contributed by atoms with Gasteiger partial charge in [0.25, 0.3) is 0 Å². The first-order chi connectivity index (χ1) is 18.2. The summed E-state index contributed by atoms with van der Waals surface area (Å²) in [6.07, 6.45) is 7.94. The Morgan fingerprint density at radius 2 is 0.875 bits per heavy atom. The SMILES string of the molecule is CC(C)(C)c1cc(O)c(C=N[C@@H]2CCCC[C@H]2N=Cc2c(O)cc(C(C)(C)C)cc2C(C)(C)C)c(C(C)(C)C)c1. The van der Waals surface area contributed by atoms with E-state index in [-0.39, 0.29) is 45.2 Å². The van der Waals surface area contributed by atoms with Crippen molar-refractivity contribution in [2.45, 2.75) is 143 Å². The van der Waals surface area contributed by atoms with E-state index in [0.29, 0.717) is 0 Å². The lowest BCUT2D eigenvalue weighted by Gasteiger charge is -2.29. The number of hydrogen-bond donors (Lipinski definition) is 2. The summed E-state index contributed by atoms with van der Waals surface area (Å²) < 4.78 is 0. The highest BCUT2D eigenvalue weighted by molar-refractivity contribution is 5.87. The number of aliphatic imine (C=N–C) groups is 2. The maximum Gasteiger partial charge on any atom is 0.124 e. The molecule has 2 atom stereocenters. The summed E-state index contributed by atoms with van der Waals surface area (Å²) in [5.74, 6) is 0.575. The Labute approximate surface area is 244 Å². The molecule has 2 N–H and O–H groups in total. The first-order valence-corrected chi connectivity index (χ1v) is 15.0. The fraction of sp³-hybridized carbons (Fsp3) is 0.611. The van der Waals surface area contributed by atoms with Gasteiger partial charge in [-0.05, 0) is 68.9 Å². The summed E-state index contributed by atoms with van der Waals surface area (Å²) in [5, 5.41) is 22.2. The van der Waals surface area contributed by atoms with Crippen LogP contribution in [0, 0.1) is 0 Å². The van der Waals surface area contributed by atoms with E-state index in [0.717, 1.165) is 59.1 Å². The number of rotatable bonds is 4. The summed E-state index contributed by atoms with van der Waals surface area (Å²) in [6, 6.07) is 8.32. The second-order valence-electron chi connectivity index (χ2n) is 15.9. The molecule has 0 amide bonds. The van der Waals surface area contributed by atoms with E-state index >= 15 is 0 Å². The van der Waals surface area contributed by atoms with Crippen LogP contribution >= 0.6 is 0 Å². The van der Waals surface area contributed by atoms with Crippen LogP contribution in [0.3, 0.4) is 0 Å². The summed E-state index contributed by atoms with van der Waals surface area (Å²) in [6.45, 7) is 26.1. The molecule has 1 aliphatic rings. The number of benzene rings is 2. The van der Waals surface area contributed by atoms with Crippen molar-refractivity contribution >= 4 is 12.4 Å². The molecule has 4 nitrogen and oxygen atoms in total. The molecule has 220 valence electrons. The van der Waals surface area contributed by atoms with Gasteiger partial charge in [0.2, 0.25) is 0 Å². The Balaban J connectivity index is 2.00. The van der Waals surface area contributed by atoms with E-state index in [1.807, 2.05) is 24.6 Å². The molecule has 1 aliphatic carbocycles. The van der Waals surface area contributed by atoms with Crippen molar-refractivity contribution in [2.75, 3.05) is 0 Å². The standard InChI is InChI=1S/C36H54N2O2/c1-33(2,3)23-17-27(35(7,8)9)25(31(39)19-23)21-37-29-15-13-14-16-30(29)38-22-26-28(36(10,11)12)18-24(20-32(26)40)34(4,5)6/h17-22,29-30,39-40H,13-16H2,1-12H3/t29-,30-/m1/s1. The van der Waals surface area contributed by atoms with Crippen LogP contribution in [-0.4, -0.2) is 34.7 Å². The topological polar surface area (TPSA) is 65.2 Å². The van der Waals surface area contributed by atoms with Crippen molar-refractivity contribution in [3.63, 3.8) is 0 Å². The molecule has 1 saturated carbocycles. The molecule has 0 saturated heterocycles. The second kappa shape index (κ2) is 11.3. The van der Waals surface area contributed by atoms with Gasteiger partial charge in [-0.2, -0.15) is 0 Å². The zero-order valence-electron chi connectivity index (χ0n) is 27.2. The fourth-order valence-electron chi connectivity index (χ4n) is 5.43. The van der Waals surface area contributed by atoms with Gasteiger partial charge in [-0.3, -0.25) is 9.98 Å². The molecule has 0 spiro atoms. The molecule has 1 fully saturated rings. The lowest BCUT2D eigenvalue weighted by atomic mass is 9.78. The fourth-order valence-corrected chi connectivity index (χ4v) is 5.43. The first kappa shape index (κ1) is 31.9. The molecule has 4 heteroatoms. The molecular formula is C36H54N2O2. The molecule has 0 heterocycles. The Hall–Kier alpha value is -2.62. The third-order valence-corrected chi connectivity index (χ3v) is 8.15. The zero-order chi connectivity index (χ0) is 30.3. The van der Waals surface area contributed by atoms with Crippen LogP contribution in [0.25, 0.3) is 0 Å².